The summed E-state index contributed by atoms with van der Waals surface area (Å²) in [5.41, 5.74) is 0. The molecule has 0 radical (unpaired) electrons. The molecule has 0 atom stereocenters. The van der Waals surface area contributed by atoms with Crippen molar-refractivity contribution in [3.63, 3.8) is 0 Å². The first-order chi connectivity index (χ1) is 4.74. The van der Waals surface area contributed by atoms with Gasteiger partial charge in [0.2, 0.25) is 0 Å². The molecule has 0 aliphatic rings. The van der Waals surface area contributed by atoms with Crippen molar-refractivity contribution in [1.29, 1.82) is 0 Å². The molecule has 0 spiro atoms. The van der Waals surface area contributed by atoms with Gasteiger partial charge in [0.1, 0.15) is 0 Å². The summed E-state index contributed by atoms with van der Waals surface area (Å²) in [7, 11) is 3.39. The van der Waals surface area contributed by atoms with Gasteiger partial charge >= 0.3 is 0 Å². The van der Waals surface area contributed by atoms with Crippen LogP contribution in [0, 0.1) is 12.3 Å². The molecule has 0 unspecified atom stereocenters. The van der Waals surface area contributed by atoms with E-state index < -0.39 is 0 Å². The zero-order chi connectivity index (χ0) is 8.83. The summed E-state index contributed by atoms with van der Waals surface area (Å²) < 4.78 is 0. The number of terminal acetylenes is 1. The molecule has 0 bridgehead atoms. The fourth-order valence-corrected chi connectivity index (χ4v) is 0. The van der Waals surface area contributed by atoms with Crippen molar-refractivity contribution in [2.24, 2.45) is 9.98 Å². The van der Waals surface area contributed by atoms with Gasteiger partial charge in [-0.2, -0.15) is 0 Å². The van der Waals surface area contributed by atoms with Crippen LogP contribution in [0.25, 0.3) is 0 Å². The molecule has 0 rings (SSSR count). The Morgan fingerprint density at radius 2 is 1.60 bits per heavy atom. The van der Waals surface area contributed by atoms with Gasteiger partial charge in [-0.25, -0.2) is 0 Å². The van der Waals surface area contributed by atoms with E-state index in [0.29, 0.717) is 0 Å². The highest BCUT2D eigenvalue weighted by Crippen LogP contribution is 1.39. The van der Waals surface area contributed by atoms with Crippen molar-refractivity contribution in [2.45, 2.75) is 13.8 Å². The highest BCUT2D eigenvalue weighted by atomic mass is 14.6. The van der Waals surface area contributed by atoms with Gasteiger partial charge < -0.3 is 9.98 Å². The fourth-order valence-electron chi connectivity index (χ4n) is 0. The van der Waals surface area contributed by atoms with Crippen molar-refractivity contribution in [3.8, 4) is 12.3 Å². The van der Waals surface area contributed by atoms with Crippen molar-refractivity contribution in [2.75, 3.05) is 14.1 Å². The van der Waals surface area contributed by atoms with Crippen LogP contribution in [-0.4, -0.2) is 27.0 Å². The average molecular weight is 140 g/mol. The third-order valence-corrected chi connectivity index (χ3v) is 0.258. The van der Waals surface area contributed by atoms with E-state index in [1.807, 2.05) is 6.92 Å². The SMILES string of the molecule is C#CC.C=NC.CC=NC. The maximum Gasteiger partial charge on any atom is 0.0273 e. The predicted molar refractivity (Wildman–Crippen MR) is 50.1 cm³/mol. The molecule has 10 heavy (non-hydrogen) atoms. The van der Waals surface area contributed by atoms with Gasteiger partial charge in [-0.05, 0) is 26.8 Å². The molecular weight excluding hydrogens is 124 g/mol. The van der Waals surface area contributed by atoms with Crippen LogP contribution < -0.4 is 0 Å². The lowest BCUT2D eigenvalue weighted by atomic mass is 10.9. The third-order valence-electron chi connectivity index (χ3n) is 0.258. The first-order valence-corrected chi connectivity index (χ1v) is 2.83. The molecule has 2 heteroatoms. The average Bonchev–Trinajstić information content (AvgIpc) is 1.91. The van der Waals surface area contributed by atoms with Crippen LogP contribution in [0.2, 0.25) is 0 Å². The molecule has 0 aromatic carbocycles. The van der Waals surface area contributed by atoms with Crippen molar-refractivity contribution >= 4 is 12.9 Å². The Balaban J connectivity index is -0.0000000750. The highest BCUT2D eigenvalue weighted by molar-refractivity contribution is 5.52. The van der Waals surface area contributed by atoms with Gasteiger partial charge in [0.15, 0.2) is 0 Å². The van der Waals surface area contributed by atoms with Gasteiger partial charge in [0.05, 0.1) is 0 Å². The molecule has 0 saturated heterocycles. The molecule has 58 valence electrons. The van der Waals surface area contributed by atoms with Crippen molar-refractivity contribution < 1.29 is 0 Å². The topological polar surface area (TPSA) is 24.7 Å². The number of hydrogen-bond acceptors (Lipinski definition) is 2. The summed E-state index contributed by atoms with van der Waals surface area (Å²) in [6.45, 7) is 6.65. The Morgan fingerprint density at radius 3 is 1.60 bits per heavy atom. The maximum atomic E-state index is 4.60. The quantitative estimate of drug-likeness (QED) is 0.361. The molecular formula is C8H16N2. The molecule has 0 aromatic rings. The minimum absolute atomic E-state index is 1.64. The molecule has 0 saturated carbocycles. The summed E-state index contributed by atoms with van der Waals surface area (Å²) >= 11 is 0. The summed E-state index contributed by atoms with van der Waals surface area (Å²) in [4.78, 5) is 6.86. The Kier molecular flexibility index (Phi) is 71.4. The number of hydrogen-bond donors (Lipinski definition) is 0. The fraction of sp³-hybridized carbons (Fsp3) is 0.500. The van der Waals surface area contributed by atoms with Gasteiger partial charge in [-0.1, -0.05) is 0 Å². The summed E-state index contributed by atoms with van der Waals surface area (Å²) in [6.07, 6.45) is 6.35. The summed E-state index contributed by atoms with van der Waals surface area (Å²) in [5.74, 6) is 2.25. The molecule has 0 aliphatic carbocycles. The minimum atomic E-state index is 1.64. The molecule has 0 fully saturated rings. The smallest absolute Gasteiger partial charge is 0.0273 e. The van der Waals surface area contributed by atoms with E-state index in [2.05, 4.69) is 29.0 Å². The molecule has 2 nitrogen and oxygen atoms in total. The van der Waals surface area contributed by atoms with Gasteiger partial charge in [0.25, 0.3) is 0 Å². The predicted octanol–water partition coefficient (Wildman–Crippen LogP) is 1.66. The van der Waals surface area contributed by atoms with E-state index in [4.69, 9.17) is 0 Å². The molecule has 0 N–H and O–H groups in total. The second kappa shape index (κ2) is 44.7. The molecule has 0 amide bonds. The number of rotatable bonds is 0. The van der Waals surface area contributed by atoms with E-state index in [-0.39, 0.29) is 0 Å². The Morgan fingerprint density at radius 1 is 1.50 bits per heavy atom. The Bertz CT molecular complexity index is 94.3. The zero-order valence-electron chi connectivity index (χ0n) is 7.26. The van der Waals surface area contributed by atoms with E-state index in [9.17, 15) is 0 Å². The summed E-state index contributed by atoms with van der Waals surface area (Å²) in [5, 5.41) is 0. The standard InChI is InChI=1S/C3H7N.C3H4.C2H5N/c1-3-4-2;2*1-3-2/h3H,1-2H3;1H,2H3;1H2,2H3. The van der Waals surface area contributed by atoms with E-state index in [1.54, 1.807) is 27.2 Å². The minimum Gasteiger partial charge on any atom is -0.304 e. The van der Waals surface area contributed by atoms with Crippen LogP contribution in [0.3, 0.4) is 0 Å². The highest BCUT2D eigenvalue weighted by Gasteiger charge is 1.32. The van der Waals surface area contributed by atoms with Gasteiger partial charge in [-0.15, -0.1) is 12.3 Å². The number of nitrogens with zero attached hydrogens (tertiary/aromatic N) is 2. The lowest BCUT2D eigenvalue weighted by Crippen LogP contribution is -1.47. The van der Waals surface area contributed by atoms with E-state index >= 15 is 0 Å². The van der Waals surface area contributed by atoms with Crippen molar-refractivity contribution in [3.05, 3.63) is 0 Å². The summed E-state index contributed by atoms with van der Waals surface area (Å²) in [6, 6.07) is 0. The van der Waals surface area contributed by atoms with Crippen LogP contribution in [0.5, 0.6) is 0 Å². The van der Waals surface area contributed by atoms with Crippen LogP contribution in [0.15, 0.2) is 9.98 Å². The van der Waals surface area contributed by atoms with E-state index in [1.165, 1.54) is 0 Å². The van der Waals surface area contributed by atoms with Crippen molar-refractivity contribution in [1.82, 2.24) is 0 Å². The molecule has 0 heterocycles. The Labute approximate surface area is 64.1 Å². The monoisotopic (exact) mass is 140 g/mol. The van der Waals surface area contributed by atoms with E-state index in [0.717, 1.165) is 0 Å². The maximum absolute atomic E-state index is 4.60. The van der Waals surface area contributed by atoms with Gasteiger partial charge in [0, 0.05) is 14.1 Å². The second-order valence-corrected chi connectivity index (χ2v) is 1.12. The van der Waals surface area contributed by atoms with Crippen LogP contribution in [0.4, 0.5) is 0 Å². The van der Waals surface area contributed by atoms with Gasteiger partial charge in [-0.3, -0.25) is 0 Å². The Hall–Kier alpha value is -1.10. The first-order valence-electron chi connectivity index (χ1n) is 2.83. The van der Waals surface area contributed by atoms with Crippen LogP contribution in [0.1, 0.15) is 13.8 Å². The first kappa shape index (κ1) is 16.0. The largest absolute Gasteiger partial charge is 0.304 e. The molecule has 0 aliphatic heterocycles. The third kappa shape index (κ3) is 24000. The lowest BCUT2D eigenvalue weighted by molar-refractivity contribution is 1.46. The zero-order valence-corrected chi connectivity index (χ0v) is 7.26. The second-order valence-electron chi connectivity index (χ2n) is 1.12. The van der Waals surface area contributed by atoms with Crippen LogP contribution in [-0.2, 0) is 0 Å². The van der Waals surface area contributed by atoms with Crippen LogP contribution >= 0.6 is 0 Å². The number of aliphatic imine (C=N–C) groups is 2. The lowest BCUT2D eigenvalue weighted by Gasteiger charge is -1.53. The molecule has 0 aromatic heterocycles. The normalized spacial score (nSPS) is 5.90.